The molecule has 0 amide bonds. The fourth-order valence-electron chi connectivity index (χ4n) is 2.36. The third-order valence-electron chi connectivity index (χ3n) is 3.44. The highest BCUT2D eigenvalue weighted by molar-refractivity contribution is 4.86. The standard InChI is InChI=1S/C11H22N2O/c1-8(2)11(12)7-13-5-9-3-4-10(6-13)14-9/h8-11H,3-7,12H2,1-2H3. The second-order valence-corrected chi connectivity index (χ2v) is 5.08. The molecule has 2 aliphatic heterocycles. The van der Waals surface area contributed by atoms with Gasteiger partial charge in [0.1, 0.15) is 0 Å². The molecule has 0 aromatic heterocycles. The van der Waals surface area contributed by atoms with Crippen LogP contribution in [-0.4, -0.2) is 42.8 Å². The SMILES string of the molecule is CC(C)C(N)CN1CC2CCC(C1)O2. The Morgan fingerprint density at radius 1 is 1.29 bits per heavy atom. The van der Waals surface area contributed by atoms with E-state index in [0.29, 0.717) is 24.2 Å². The van der Waals surface area contributed by atoms with Crippen LogP contribution in [0.15, 0.2) is 0 Å². The first-order valence-corrected chi connectivity index (χ1v) is 5.78. The van der Waals surface area contributed by atoms with Crippen molar-refractivity contribution in [2.45, 2.75) is 44.9 Å². The average Bonchev–Trinajstić information content (AvgIpc) is 2.45. The zero-order valence-corrected chi connectivity index (χ0v) is 9.28. The second-order valence-electron chi connectivity index (χ2n) is 5.08. The number of fused-ring (bicyclic) bond motifs is 2. The highest BCUT2D eigenvalue weighted by Crippen LogP contribution is 2.26. The largest absolute Gasteiger partial charge is 0.372 e. The van der Waals surface area contributed by atoms with Crippen LogP contribution in [0.3, 0.4) is 0 Å². The molecule has 0 spiro atoms. The number of rotatable bonds is 3. The van der Waals surface area contributed by atoms with Crippen LogP contribution in [0.5, 0.6) is 0 Å². The van der Waals surface area contributed by atoms with Crippen molar-refractivity contribution in [2.24, 2.45) is 11.7 Å². The van der Waals surface area contributed by atoms with Crippen molar-refractivity contribution in [3.63, 3.8) is 0 Å². The maximum atomic E-state index is 6.08. The van der Waals surface area contributed by atoms with Gasteiger partial charge in [0, 0.05) is 25.7 Å². The van der Waals surface area contributed by atoms with Crippen molar-refractivity contribution < 1.29 is 4.74 Å². The molecule has 0 aromatic carbocycles. The Morgan fingerprint density at radius 2 is 1.86 bits per heavy atom. The Hall–Kier alpha value is -0.120. The van der Waals surface area contributed by atoms with E-state index < -0.39 is 0 Å². The van der Waals surface area contributed by atoms with Gasteiger partial charge in [-0.2, -0.15) is 0 Å². The molecule has 3 atom stereocenters. The predicted octanol–water partition coefficient (Wildman–Crippen LogP) is 0.833. The van der Waals surface area contributed by atoms with Crippen molar-refractivity contribution in [1.82, 2.24) is 4.90 Å². The predicted molar refractivity (Wildman–Crippen MR) is 57.1 cm³/mol. The molecule has 3 unspecified atom stereocenters. The quantitative estimate of drug-likeness (QED) is 0.730. The van der Waals surface area contributed by atoms with E-state index in [9.17, 15) is 0 Å². The lowest BCUT2D eigenvalue weighted by atomic mass is 10.0. The van der Waals surface area contributed by atoms with E-state index in [-0.39, 0.29) is 0 Å². The molecule has 2 saturated heterocycles. The molecule has 0 saturated carbocycles. The first-order chi connectivity index (χ1) is 6.65. The molecule has 2 rings (SSSR count). The summed E-state index contributed by atoms with van der Waals surface area (Å²) in [5.41, 5.74) is 6.08. The van der Waals surface area contributed by atoms with Gasteiger partial charge >= 0.3 is 0 Å². The van der Waals surface area contributed by atoms with Crippen LogP contribution in [0.1, 0.15) is 26.7 Å². The van der Waals surface area contributed by atoms with Crippen LogP contribution in [0.25, 0.3) is 0 Å². The van der Waals surface area contributed by atoms with E-state index in [1.807, 2.05) is 0 Å². The van der Waals surface area contributed by atoms with Gasteiger partial charge in [-0.3, -0.25) is 4.90 Å². The number of nitrogens with two attached hydrogens (primary N) is 1. The molecule has 2 aliphatic rings. The first kappa shape index (κ1) is 10.4. The summed E-state index contributed by atoms with van der Waals surface area (Å²) in [5.74, 6) is 0.579. The minimum Gasteiger partial charge on any atom is -0.372 e. The lowest BCUT2D eigenvalue weighted by Crippen LogP contribution is -2.48. The van der Waals surface area contributed by atoms with E-state index in [2.05, 4.69) is 18.7 Å². The van der Waals surface area contributed by atoms with Crippen LogP contribution in [-0.2, 0) is 4.74 Å². The number of hydrogen-bond acceptors (Lipinski definition) is 3. The van der Waals surface area contributed by atoms with Gasteiger partial charge in [-0.1, -0.05) is 13.8 Å². The summed E-state index contributed by atoms with van der Waals surface area (Å²) in [7, 11) is 0. The van der Waals surface area contributed by atoms with E-state index in [1.165, 1.54) is 12.8 Å². The topological polar surface area (TPSA) is 38.5 Å². The van der Waals surface area contributed by atoms with E-state index >= 15 is 0 Å². The highest BCUT2D eigenvalue weighted by atomic mass is 16.5. The molecule has 14 heavy (non-hydrogen) atoms. The molecule has 2 bridgehead atoms. The van der Waals surface area contributed by atoms with Crippen LogP contribution >= 0.6 is 0 Å². The number of morpholine rings is 1. The summed E-state index contributed by atoms with van der Waals surface area (Å²) >= 11 is 0. The van der Waals surface area contributed by atoms with Crippen molar-refractivity contribution in [3.8, 4) is 0 Å². The molecule has 82 valence electrons. The molecule has 0 radical (unpaired) electrons. The lowest BCUT2D eigenvalue weighted by Gasteiger charge is -2.34. The lowest BCUT2D eigenvalue weighted by molar-refractivity contribution is -0.0407. The molecule has 2 heterocycles. The smallest absolute Gasteiger partial charge is 0.0707 e. The maximum absolute atomic E-state index is 6.08. The Bertz CT molecular complexity index is 184. The van der Waals surface area contributed by atoms with Gasteiger partial charge in [0.2, 0.25) is 0 Å². The van der Waals surface area contributed by atoms with Crippen LogP contribution in [0, 0.1) is 5.92 Å². The summed E-state index contributed by atoms with van der Waals surface area (Å²) in [6.45, 7) is 7.61. The van der Waals surface area contributed by atoms with E-state index in [1.54, 1.807) is 0 Å². The zero-order chi connectivity index (χ0) is 10.1. The summed E-state index contributed by atoms with van der Waals surface area (Å²) in [6, 6.07) is 0.312. The van der Waals surface area contributed by atoms with Crippen LogP contribution in [0.2, 0.25) is 0 Å². The van der Waals surface area contributed by atoms with Crippen molar-refractivity contribution >= 4 is 0 Å². The summed E-state index contributed by atoms with van der Waals surface area (Å²) in [6.07, 6.45) is 3.48. The summed E-state index contributed by atoms with van der Waals surface area (Å²) < 4.78 is 5.79. The summed E-state index contributed by atoms with van der Waals surface area (Å²) in [4.78, 5) is 2.48. The van der Waals surface area contributed by atoms with Crippen molar-refractivity contribution in [3.05, 3.63) is 0 Å². The van der Waals surface area contributed by atoms with Gasteiger partial charge in [-0.05, 0) is 18.8 Å². The van der Waals surface area contributed by atoms with Crippen molar-refractivity contribution in [2.75, 3.05) is 19.6 Å². The molecule has 3 heteroatoms. The zero-order valence-electron chi connectivity index (χ0n) is 9.28. The van der Waals surface area contributed by atoms with Gasteiger partial charge in [0.25, 0.3) is 0 Å². The Labute approximate surface area is 86.6 Å². The van der Waals surface area contributed by atoms with Gasteiger partial charge in [-0.15, -0.1) is 0 Å². The average molecular weight is 198 g/mol. The molecule has 2 fully saturated rings. The Kier molecular flexibility index (Phi) is 3.10. The fourth-order valence-corrected chi connectivity index (χ4v) is 2.36. The first-order valence-electron chi connectivity index (χ1n) is 5.78. The van der Waals surface area contributed by atoms with Gasteiger partial charge in [0.05, 0.1) is 12.2 Å². The van der Waals surface area contributed by atoms with E-state index in [0.717, 1.165) is 19.6 Å². The van der Waals surface area contributed by atoms with Crippen LogP contribution in [0.4, 0.5) is 0 Å². The Balaban J connectivity index is 1.82. The molecule has 3 nitrogen and oxygen atoms in total. The number of ether oxygens (including phenoxy) is 1. The number of likely N-dealkylation sites (tertiary alicyclic amines) is 1. The Morgan fingerprint density at radius 3 is 2.36 bits per heavy atom. The third kappa shape index (κ3) is 2.27. The molecule has 0 aromatic rings. The van der Waals surface area contributed by atoms with Crippen LogP contribution < -0.4 is 5.73 Å². The monoisotopic (exact) mass is 198 g/mol. The number of hydrogen-bond donors (Lipinski definition) is 1. The highest BCUT2D eigenvalue weighted by Gasteiger charge is 2.34. The summed E-state index contributed by atoms with van der Waals surface area (Å²) in [5, 5.41) is 0. The minimum absolute atomic E-state index is 0.312. The van der Waals surface area contributed by atoms with Crippen molar-refractivity contribution in [1.29, 1.82) is 0 Å². The van der Waals surface area contributed by atoms with Gasteiger partial charge < -0.3 is 10.5 Å². The van der Waals surface area contributed by atoms with E-state index in [4.69, 9.17) is 10.5 Å². The third-order valence-corrected chi connectivity index (χ3v) is 3.44. The maximum Gasteiger partial charge on any atom is 0.0707 e. The fraction of sp³-hybridized carbons (Fsp3) is 1.00. The van der Waals surface area contributed by atoms with Gasteiger partial charge in [0.15, 0.2) is 0 Å². The normalized spacial score (nSPS) is 35.1. The van der Waals surface area contributed by atoms with Gasteiger partial charge in [-0.25, -0.2) is 0 Å². The molecule has 0 aliphatic carbocycles. The minimum atomic E-state index is 0.312. The number of nitrogens with zero attached hydrogens (tertiary/aromatic N) is 1. The second kappa shape index (κ2) is 4.17. The molecular formula is C11H22N2O. The molecule has 2 N–H and O–H groups in total. The molecular weight excluding hydrogens is 176 g/mol.